The molecule has 1 atom stereocenters. The minimum Gasteiger partial charge on any atom is -0.465 e. The molecule has 0 fully saturated rings. The number of esters is 1. The molecule has 0 bridgehead atoms. The molecule has 186 valence electrons. The average Bonchev–Trinajstić information content (AvgIpc) is 2.61. The van der Waals surface area contributed by atoms with Crippen molar-refractivity contribution in [2.24, 2.45) is 5.92 Å². The summed E-state index contributed by atoms with van der Waals surface area (Å²) >= 11 is 0. The van der Waals surface area contributed by atoms with Crippen LogP contribution >= 0.6 is 0 Å². The molecule has 0 radical (unpaired) electrons. The second-order valence-corrected chi connectivity index (χ2v) is 8.13. The van der Waals surface area contributed by atoms with Crippen LogP contribution in [-0.2, 0) is 19.6 Å². The third-order valence-corrected chi connectivity index (χ3v) is 5.49. The third-order valence-electron chi connectivity index (χ3n) is 3.97. The van der Waals surface area contributed by atoms with Crippen molar-refractivity contribution in [3.8, 4) is 0 Å². The fourth-order valence-corrected chi connectivity index (χ4v) is 2.79. The summed E-state index contributed by atoms with van der Waals surface area (Å²) in [7, 11) is -6.85. The number of carbonyl (C=O) groups excluding carboxylic acids is 1. The molecular weight excluding hydrogens is 487 g/mol. The zero-order chi connectivity index (χ0) is 25.1. The maximum Gasteiger partial charge on any atom is 0.460 e. The standard InChI is InChI=1S/C14H18F11NO4S/c1-3-8(2)9(27)30-7-5-4-6-26-31(28,29)14(24,25)12(19,20)10(15,16)11(17,18)13(21,22)23/h8,26H,3-7H2,1-2H3. The van der Waals surface area contributed by atoms with Gasteiger partial charge in [0, 0.05) is 6.54 Å². The van der Waals surface area contributed by atoms with Crippen LogP contribution in [0.3, 0.4) is 0 Å². The van der Waals surface area contributed by atoms with Gasteiger partial charge in [-0.2, -0.15) is 48.3 Å². The first-order valence-electron chi connectivity index (χ1n) is 8.35. The summed E-state index contributed by atoms with van der Waals surface area (Å²) < 4.78 is 170. The van der Waals surface area contributed by atoms with Crippen molar-refractivity contribution in [3.63, 3.8) is 0 Å². The van der Waals surface area contributed by atoms with E-state index in [4.69, 9.17) is 0 Å². The van der Waals surface area contributed by atoms with E-state index in [1.54, 1.807) is 6.92 Å². The smallest absolute Gasteiger partial charge is 0.460 e. The van der Waals surface area contributed by atoms with Gasteiger partial charge in [0.05, 0.1) is 12.5 Å². The van der Waals surface area contributed by atoms with Crippen LogP contribution in [-0.4, -0.2) is 56.7 Å². The van der Waals surface area contributed by atoms with Crippen molar-refractivity contribution in [2.75, 3.05) is 13.2 Å². The van der Waals surface area contributed by atoms with Crippen LogP contribution in [0, 0.1) is 5.92 Å². The van der Waals surface area contributed by atoms with Crippen molar-refractivity contribution < 1.29 is 66.2 Å². The van der Waals surface area contributed by atoms with Crippen molar-refractivity contribution in [3.05, 3.63) is 0 Å². The number of rotatable bonds is 12. The SMILES string of the molecule is CCC(C)C(=O)OCCCCNS(=O)(=O)C(F)(F)C(F)(F)C(F)(F)C(F)(F)C(F)(F)F. The predicted molar refractivity (Wildman–Crippen MR) is 82.4 cm³/mol. The molecule has 0 aromatic carbocycles. The number of hydrogen-bond donors (Lipinski definition) is 1. The van der Waals surface area contributed by atoms with Crippen molar-refractivity contribution >= 4 is 16.0 Å². The molecule has 0 aliphatic carbocycles. The van der Waals surface area contributed by atoms with Gasteiger partial charge in [-0.05, 0) is 19.3 Å². The number of sulfonamides is 1. The minimum atomic E-state index is -7.82. The number of carbonyl (C=O) groups is 1. The predicted octanol–water partition coefficient (Wildman–Crippen LogP) is 4.34. The van der Waals surface area contributed by atoms with Gasteiger partial charge in [0.15, 0.2) is 0 Å². The van der Waals surface area contributed by atoms with Crippen LogP contribution in [0.25, 0.3) is 0 Å². The molecule has 31 heavy (non-hydrogen) atoms. The Labute approximate surface area is 169 Å². The number of halogens is 11. The Kier molecular flexibility index (Phi) is 9.19. The topological polar surface area (TPSA) is 72.5 Å². The van der Waals surface area contributed by atoms with Gasteiger partial charge < -0.3 is 4.74 Å². The highest BCUT2D eigenvalue weighted by Gasteiger charge is 2.89. The van der Waals surface area contributed by atoms with Gasteiger partial charge in [-0.25, -0.2) is 13.1 Å². The molecule has 0 amide bonds. The molecule has 0 saturated heterocycles. The largest absolute Gasteiger partial charge is 0.465 e. The third kappa shape index (κ3) is 5.70. The highest BCUT2D eigenvalue weighted by Crippen LogP contribution is 2.58. The summed E-state index contributed by atoms with van der Waals surface area (Å²) in [5.41, 5.74) is 0. The minimum absolute atomic E-state index is 0.213. The van der Waals surface area contributed by atoms with Crippen molar-refractivity contribution in [1.82, 2.24) is 4.72 Å². The normalized spacial score (nSPS) is 15.6. The van der Waals surface area contributed by atoms with Crippen molar-refractivity contribution in [1.29, 1.82) is 0 Å². The molecule has 1 N–H and O–H groups in total. The number of hydrogen-bond acceptors (Lipinski definition) is 4. The molecule has 0 aliphatic heterocycles. The molecule has 0 aliphatic rings. The number of nitrogens with one attached hydrogen (secondary N) is 1. The fourth-order valence-electron chi connectivity index (χ4n) is 1.73. The van der Waals surface area contributed by atoms with Crippen LogP contribution in [0.15, 0.2) is 0 Å². The average molecular weight is 505 g/mol. The van der Waals surface area contributed by atoms with Gasteiger partial charge in [0.25, 0.3) is 10.0 Å². The van der Waals surface area contributed by atoms with Gasteiger partial charge in [-0.3, -0.25) is 4.79 Å². The van der Waals surface area contributed by atoms with Crippen LogP contribution in [0.2, 0.25) is 0 Å². The molecule has 0 rings (SSSR count). The summed E-state index contributed by atoms with van der Waals surface area (Å²) in [6.45, 7) is 1.69. The van der Waals surface area contributed by atoms with E-state index in [9.17, 15) is 61.5 Å². The number of alkyl halides is 11. The van der Waals surface area contributed by atoms with Gasteiger partial charge in [0.2, 0.25) is 0 Å². The van der Waals surface area contributed by atoms with E-state index in [1.165, 1.54) is 6.92 Å². The molecule has 0 spiro atoms. The van der Waals surface area contributed by atoms with Gasteiger partial charge in [0.1, 0.15) is 0 Å². The lowest BCUT2D eigenvalue weighted by molar-refractivity contribution is -0.413. The molecule has 0 saturated carbocycles. The quantitative estimate of drug-likeness (QED) is 0.244. The van der Waals surface area contributed by atoms with E-state index < -0.39 is 64.1 Å². The van der Waals surface area contributed by atoms with Crippen LogP contribution in [0.5, 0.6) is 0 Å². The highest BCUT2D eigenvalue weighted by molar-refractivity contribution is 7.90. The summed E-state index contributed by atoms with van der Waals surface area (Å²) in [5, 5.41) is -7.05. The van der Waals surface area contributed by atoms with E-state index in [0.717, 1.165) is 4.72 Å². The lowest BCUT2D eigenvalue weighted by Gasteiger charge is -2.36. The van der Waals surface area contributed by atoms with E-state index in [-0.39, 0.29) is 13.0 Å². The second kappa shape index (κ2) is 9.62. The lowest BCUT2D eigenvalue weighted by atomic mass is 10.0. The Hall–Kier alpha value is -1.39. The molecule has 0 heterocycles. The molecule has 17 heteroatoms. The summed E-state index contributed by atoms with van der Waals surface area (Å²) in [6, 6.07) is 0. The zero-order valence-corrected chi connectivity index (χ0v) is 16.6. The number of unbranched alkanes of at least 4 members (excludes halogenated alkanes) is 1. The van der Waals surface area contributed by atoms with E-state index in [0.29, 0.717) is 6.42 Å². The number of ether oxygens (including phenoxy) is 1. The highest BCUT2D eigenvalue weighted by atomic mass is 32.2. The van der Waals surface area contributed by atoms with E-state index >= 15 is 0 Å². The Balaban J connectivity index is 5.25. The van der Waals surface area contributed by atoms with Crippen LogP contribution in [0.1, 0.15) is 33.1 Å². The molecule has 0 aromatic heterocycles. The second-order valence-electron chi connectivity index (χ2n) is 6.32. The van der Waals surface area contributed by atoms with Crippen LogP contribution < -0.4 is 4.72 Å². The van der Waals surface area contributed by atoms with Gasteiger partial charge in [-0.15, -0.1) is 0 Å². The maximum atomic E-state index is 13.6. The molecule has 1 unspecified atom stereocenters. The zero-order valence-electron chi connectivity index (χ0n) is 15.8. The Morgan fingerprint density at radius 1 is 0.871 bits per heavy atom. The first-order valence-corrected chi connectivity index (χ1v) is 9.84. The maximum absolute atomic E-state index is 13.6. The lowest BCUT2D eigenvalue weighted by Crippen LogP contribution is -2.69. The van der Waals surface area contributed by atoms with Gasteiger partial charge >= 0.3 is 35.2 Å². The van der Waals surface area contributed by atoms with Crippen molar-refractivity contribution in [2.45, 2.75) is 62.3 Å². The molecule has 0 aromatic rings. The first kappa shape index (κ1) is 29.6. The molecular formula is C14H18F11NO4S. The first-order chi connectivity index (χ1) is 13.6. The Morgan fingerprint density at radius 3 is 1.77 bits per heavy atom. The summed E-state index contributed by atoms with van der Waals surface area (Å²) in [5.74, 6) is -24.3. The summed E-state index contributed by atoms with van der Waals surface area (Å²) in [6.07, 6.45) is -7.65. The summed E-state index contributed by atoms with van der Waals surface area (Å²) in [4.78, 5) is 11.3. The monoisotopic (exact) mass is 505 g/mol. The fraction of sp³-hybridized carbons (Fsp3) is 0.929. The molecule has 5 nitrogen and oxygen atoms in total. The Morgan fingerprint density at radius 2 is 1.35 bits per heavy atom. The van der Waals surface area contributed by atoms with E-state index in [1.807, 2.05) is 0 Å². The van der Waals surface area contributed by atoms with Crippen LogP contribution in [0.4, 0.5) is 48.3 Å². The Bertz CT molecular complexity index is 722. The van der Waals surface area contributed by atoms with Gasteiger partial charge in [-0.1, -0.05) is 13.8 Å². The van der Waals surface area contributed by atoms with E-state index in [2.05, 4.69) is 4.74 Å².